The van der Waals surface area contributed by atoms with Gasteiger partial charge in [0, 0.05) is 19.1 Å². The Morgan fingerprint density at radius 2 is 1.88 bits per heavy atom. The van der Waals surface area contributed by atoms with Gasteiger partial charge in [0.1, 0.15) is 0 Å². The molecule has 1 fully saturated rings. The van der Waals surface area contributed by atoms with Crippen LogP contribution in [0.4, 0.5) is 0 Å². The predicted octanol–water partition coefficient (Wildman–Crippen LogP) is 3.01. The van der Waals surface area contributed by atoms with Crippen molar-refractivity contribution < 1.29 is 17.6 Å². The lowest BCUT2D eigenvalue weighted by Gasteiger charge is -2.14. The molecule has 1 aromatic heterocycles. The quantitative estimate of drug-likeness (QED) is 0.776. The average molecular weight is 356 g/mol. The van der Waals surface area contributed by atoms with Gasteiger partial charge in [-0.05, 0) is 44.2 Å². The minimum Gasteiger partial charge on any atom is -0.438 e. The fourth-order valence-corrected chi connectivity index (χ4v) is 4.26. The molecular formula is C17H28N2O4S. The van der Waals surface area contributed by atoms with Crippen molar-refractivity contribution in [2.45, 2.75) is 64.0 Å². The number of amides is 1. The highest BCUT2D eigenvalue weighted by atomic mass is 32.2. The Balaban J connectivity index is 1.93. The van der Waals surface area contributed by atoms with Gasteiger partial charge in [0.15, 0.2) is 5.76 Å². The first kappa shape index (κ1) is 19.0. The molecule has 1 aliphatic heterocycles. The van der Waals surface area contributed by atoms with Crippen LogP contribution in [-0.4, -0.2) is 37.8 Å². The summed E-state index contributed by atoms with van der Waals surface area (Å²) in [4.78, 5) is 12.2. The van der Waals surface area contributed by atoms with Crippen LogP contribution in [0.5, 0.6) is 0 Å². The van der Waals surface area contributed by atoms with Crippen LogP contribution < -0.4 is 5.32 Å². The monoisotopic (exact) mass is 356 g/mol. The van der Waals surface area contributed by atoms with E-state index in [4.69, 9.17) is 4.42 Å². The van der Waals surface area contributed by atoms with E-state index in [0.717, 1.165) is 32.1 Å². The molecule has 0 spiro atoms. The van der Waals surface area contributed by atoms with E-state index >= 15 is 0 Å². The van der Waals surface area contributed by atoms with Crippen molar-refractivity contribution in [3.8, 4) is 0 Å². The second-order valence-corrected chi connectivity index (χ2v) is 8.80. The Kier molecular flexibility index (Phi) is 6.46. The standard InChI is InChI=1S/C17H28N2O4S/c1-13(2)7-6-8-14(3)18-17(20)15-9-10-16(23-15)24(21,22)19-11-4-5-12-19/h9-10,13-14H,4-8,11-12H2,1-3H3,(H,18,20). The number of nitrogens with zero attached hydrogens (tertiary/aromatic N) is 1. The lowest BCUT2D eigenvalue weighted by atomic mass is 10.0. The first-order chi connectivity index (χ1) is 11.3. The summed E-state index contributed by atoms with van der Waals surface area (Å²) in [5, 5.41) is 2.71. The van der Waals surface area contributed by atoms with E-state index < -0.39 is 10.0 Å². The van der Waals surface area contributed by atoms with Gasteiger partial charge in [-0.25, -0.2) is 8.42 Å². The van der Waals surface area contributed by atoms with E-state index in [1.807, 2.05) is 6.92 Å². The molecule has 1 aliphatic rings. The van der Waals surface area contributed by atoms with Crippen LogP contribution in [0.1, 0.15) is 63.4 Å². The number of nitrogens with one attached hydrogen (secondary N) is 1. The SMILES string of the molecule is CC(C)CCCC(C)NC(=O)c1ccc(S(=O)(=O)N2CCCC2)o1. The van der Waals surface area contributed by atoms with Gasteiger partial charge in [0.05, 0.1) is 0 Å². The van der Waals surface area contributed by atoms with Crippen molar-refractivity contribution in [1.29, 1.82) is 0 Å². The molecule has 136 valence electrons. The molecule has 1 N–H and O–H groups in total. The van der Waals surface area contributed by atoms with E-state index in [9.17, 15) is 13.2 Å². The fourth-order valence-electron chi connectivity index (χ4n) is 2.84. The molecule has 24 heavy (non-hydrogen) atoms. The molecular weight excluding hydrogens is 328 g/mol. The first-order valence-corrected chi connectivity index (χ1v) is 10.2. The van der Waals surface area contributed by atoms with Crippen molar-refractivity contribution in [3.05, 3.63) is 17.9 Å². The summed E-state index contributed by atoms with van der Waals surface area (Å²) < 4.78 is 31.5. The molecule has 0 radical (unpaired) electrons. The molecule has 0 aromatic carbocycles. The second kappa shape index (κ2) is 8.16. The van der Waals surface area contributed by atoms with Crippen LogP contribution in [0.25, 0.3) is 0 Å². The van der Waals surface area contributed by atoms with Crippen LogP contribution in [-0.2, 0) is 10.0 Å². The number of hydrogen-bond acceptors (Lipinski definition) is 4. The van der Waals surface area contributed by atoms with Crippen molar-refractivity contribution in [2.24, 2.45) is 5.92 Å². The predicted molar refractivity (Wildman–Crippen MR) is 92.3 cm³/mol. The first-order valence-electron chi connectivity index (χ1n) is 8.71. The van der Waals surface area contributed by atoms with Gasteiger partial charge in [-0.3, -0.25) is 4.79 Å². The van der Waals surface area contributed by atoms with Gasteiger partial charge >= 0.3 is 0 Å². The molecule has 6 nitrogen and oxygen atoms in total. The highest BCUT2D eigenvalue weighted by Gasteiger charge is 2.30. The maximum absolute atomic E-state index is 12.4. The van der Waals surface area contributed by atoms with Crippen LogP contribution in [0.3, 0.4) is 0 Å². The maximum atomic E-state index is 12.4. The molecule has 0 saturated carbocycles. The lowest BCUT2D eigenvalue weighted by Crippen LogP contribution is -2.32. The van der Waals surface area contributed by atoms with Gasteiger partial charge < -0.3 is 9.73 Å². The molecule has 1 aromatic rings. The lowest BCUT2D eigenvalue weighted by molar-refractivity contribution is 0.0904. The zero-order valence-corrected chi connectivity index (χ0v) is 15.6. The van der Waals surface area contributed by atoms with Crippen molar-refractivity contribution in [1.82, 2.24) is 9.62 Å². The maximum Gasteiger partial charge on any atom is 0.287 e. The topological polar surface area (TPSA) is 79.6 Å². The molecule has 7 heteroatoms. The number of hydrogen-bond donors (Lipinski definition) is 1. The van der Waals surface area contributed by atoms with Gasteiger partial charge in [-0.15, -0.1) is 0 Å². The molecule has 2 heterocycles. The highest BCUT2D eigenvalue weighted by molar-refractivity contribution is 7.89. The molecule has 1 amide bonds. The van der Waals surface area contributed by atoms with E-state index in [-0.39, 0.29) is 22.8 Å². The van der Waals surface area contributed by atoms with E-state index in [1.54, 1.807) is 0 Å². The minimum absolute atomic E-state index is 0.0278. The third-order valence-electron chi connectivity index (χ3n) is 4.26. The van der Waals surface area contributed by atoms with Gasteiger partial charge in [-0.2, -0.15) is 4.31 Å². The van der Waals surface area contributed by atoms with Gasteiger partial charge in [0.25, 0.3) is 15.9 Å². The van der Waals surface area contributed by atoms with Gasteiger partial charge in [0.2, 0.25) is 5.09 Å². The number of rotatable bonds is 8. The molecule has 2 rings (SSSR count). The van der Waals surface area contributed by atoms with E-state index in [1.165, 1.54) is 16.4 Å². The molecule has 1 saturated heterocycles. The smallest absolute Gasteiger partial charge is 0.287 e. The Labute approximate surface area is 144 Å². The van der Waals surface area contributed by atoms with Crippen LogP contribution in [0.2, 0.25) is 0 Å². The van der Waals surface area contributed by atoms with Gasteiger partial charge in [-0.1, -0.05) is 26.7 Å². The number of carbonyl (C=O) groups is 1. The number of carbonyl (C=O) groups excluding carboxylic acids is 1. The van der Waals surface area contributed by atoms with Crippen molar-refractivity contribution in [2.75, 3.05) is 13.1 Å². The van der Waals surface area contributed by atoms with E-state index in [0.29, 0.717) is 19.0 Å². The summed E-state index contributed by atoms with van der Waals surface area (Å²) in [5.41, 5.74) is 0. The molecule has 0 aliphatic carbocycles. The summed E-state index contributed by atoms with van der Waals surface area (Å²) in [6.45, 7) is 7.32. The summed E-state index contributed by atoms with van der Waals surface area (Å²) in [5.74, 6) is 0.328. The van der Waals surface area contributed by atoms with Crippen molar-refractivity contribution in [3.63, 3.8) is 0 Å². The second-order valence-electron chi connectivity index (χ2n) is 6.93. The Hall–Kier alpha value is -1.34. The summed E-state index contributed by atoms with van der Waals surface area (Å²) in [6.07, 6.45) is 4.79. The molecule has 0 bridgehead atoms. The Morgan fingerprint density at radius 3 is 2.50 bits per heavy atom. The molecule has 1 atom stereocenters. The number of furan rings is 1. The summed E-state index contributed by atoms with van der Waals surface area (Å²) in [7, 11) is -3.62. The summed E-state index contributed by atoms with van der Waals surface area (Å²) in [6, 6.07) is 2.82. The Bertz CT molecular complexity index is 645. The molecule has 1 unspecified atom stereocenters. The van der Waals surface area contributed by atoms with Crippen molar-refractivity contribution >= 4 is 15.9 Å². The normalized spacial score (nSPS) is 17.3. The van der Waals surface area contributed by atoms with Crippen LogP contribution in [0.15, 0.2) is 21.6 Å². The largest absolute Gasteiger partial charge is 0.438 e. The summed E-state index contributed by atoms with van der Waals surface area (Å²) >= 11 is 0. The van der Waals surface area contributed by atoms with Crippen LogP contribution in [0, 0.1) is 5.92 Å². The average Bonchev–Trinajstić information content (AvgIpc) is 3.19. The zero-order chi connectivity index (χ0) is 17.7. The minimum atomic E-state index is -3.62. The fraction of sp³-hybridized carbons (Fsp3) is 0.706. The highest BCUT2D eigenvalue weighted by Crippen LogP contribution is 2.22. The van der Waals surface area contributed by atoms with E-state index in [2.05, 4.69) is 19.2 Å². The number of sulfonamides is 1. The van der Waals surface area contributed by atoms with Crippen LogP contribution >= 0.6 is 0 Å². The third kappa shape index (κ3) is 4.83. The third-order valence-corrected chi connectivity index (χ3v) is 6.03. The Morgan fingerprint density at radius 1 is 1.21 bits per heavy atom. The zero-order valence-electron chi connectivity index (χ0n) is 14.7.